The minimum Gasteiger partial charge on any atom is -0.508 e. The minimum absolute atomic E-state index is 0. The van der Waals surface area contributed by atoms with E-state index in [0.717, 1.165) is 44.0 Å². The molecule has 1 aliphatic heterocycles. The second-order valence-corrected chi connectivity index (χ2v) is 7.15. The molecule has 3 rings (SSSR count). The summed E-state index contributed by atoms with van der Waals surface area (Å²) in [6.07, 6.45) is 2.21. The summed E-state index contributed by atoms with van der Waals surface area (Å²) in [4.78, 5) is 7.12. The van der Waals surface area contributed by atoms with Crippen molar-refractivity contribution in [2.24, 2.45) is 4.99 Å². The van der Waals surface area contributed by atoms with Gasteiger partial charge in [-0.15, -0.1) is 35.3 Å². The molecule has 2 heterocycles. The Kier molecular flexibility index (Phi) is 8.50. The van der Waals surface area contributed by atoms with Crippen LogP contribution in [0.5, 0.6) is 5.75 Å². The number of phenols is 1. The fourth-order valence-electron chi connectivity index (χ4n) is 3.03. The van der Waals surface area contributed by atoms with E-state index in [1.807, 2.05) is 23.5 Å². The predicted molar refractivity (Wildman–Crippen MR) is 121 cm³/mol. The maximum absolute atomic E-state index is 9.56. The number of phenolic OH excluding ortho intramolecular Hbond substituents is 1. The van der Waals surface area contributed by atoms with Crippen molar-refractivity contribution in [1.29, 1.82) is 0 Å². The lowest BCUT2D eigenvalue weighted by molar-refractivity contribution is 0.462. The summed E-state index contributed by atoms with van der Waals surface area (Å²) < 4.78 is 0. The molecule has 1 aromatic heterocycles. The first-order chi connectivity index (χ1) is 12.2. The molecule has 26 heavy (non-hydrogen) atoms. The lowest BCUT2D eigenvalue weighted by Gasteiger charge is -2.33. The van der Waals surface area contributed by atoms with Gasteiger partial charge in [0, 0.05) is 25.7 Å². The Morgan fingerprint density at radius 3 is 2.73 bits per heavy atom. The molecule has 7 heteroatoms. The number of benzene rings is 1. The van der Waals surface area contributed by atoms with Crippen LogP contribution in [0.2, 0.25) is 0 Å². The number of anilines is 1. The van der Waals surface area contributed by atoms with E-state index in [-0.39, 0.29) is 29.7 Å². The molecular formula is C19H27IN4OS. The Hall–Kier alpha value is -1.48. The maximum atomic E-state index is 9.56. The number of aliphatic imine (C=N–C) groups is 1. The Balaban J connectivity index is 0.00000243. The third-order valence-corrected chi connectivity index (χ3v) is 5.26. The normalized spacial score (nSPS) is 15.4. The van der Waals surface area contributed by atoms with Crippen molar-refractivity contribution in [3.05, 3.63) is 47.3 Å². The number of nitrogens with zero attached hydrogens (tertiary/aromatic N) is 2. The van der Waals surface area contributed by atoms with Gasteiger partial charge >= 0.3 is 0 Å². The molecule has 1 aliphatic rings. The largest absolute Gasteiger partial charge is 0.508 e. The SMILES string of the molecule is CCNC(=NCc1cccc(O)c1)NC1CCN(c2cccs2)CC1.I. The van der Waals surface area contributed by atoms with Crippen molar-refractivity contribution in [2.75, 3.05) is 24.5 Å². The summed E-state index contributed by atoms with van der Waals surface area (Å²) in [6.45, 7) is 5.61. The highest BCUT2D eigenvalue weighted by molar-refractivity contribution is 14.0. The van der Waals surface area contributed by atoms with Gasteiger partial charge in [0.05, 0.1) is 11.5 Å². The molecule has 1 aromatic carbocycles. The third-order valence-electron chi connectivity index (χ3n) is 4.33. The fraction of sp³-hybridized carbons (Fsp3) is 0.421. The van der Waals surface area contributed by atoms with Gasteiger partial charge in [0.25, 0.3) is 0 Å². The van der Waals surface area contributed by atoms with E-state index < -0.39 is 0 Å². The smallest absolute Gasteiger partial charge is 0.191 e. The Labute approximate surface area is 176 Å². The number of piperidine rings is 1. The van der Waals surface area contributed by atoms with Crippen LogP contribution < -0.4 is 15.5 Å². The number of aromatic hydroxyl groups is 1. The first kappa shape index (κ1) is 20.8. The van der Waals surface area contributed by atoms with Gasteiger partial charge in [-0.25, -0.2) is 4.99 Å². The van der Waals surface area contributed by atoms with Gasteiger partial charge in [-0.3, -0.25) is 0 Å². The Morgan fingerprint density at radius 2 is 2.08 bits per heavy atom. The van der Waals surface area contributed by atoms with Gasteiger partial charge in [-0.05, 0) is 55.0 Å². The van der Waals surface area contributed by atoms with Crippen LogP contribution in [0.25, 0.3) is 0 Å². The van der Waals surface area contributed by atoms with Crippen LogP contribution in [0.3, 0.4) is 0 Å². The Morgan fingerprint density at radius 1 is 1.27 bits per heavy atom. The maximum Gasteiger partial charge on any atom is 0.191 e. The number of rotatable bonds is 5. The van der Waals surface area contributed by atoms with Crippen molar-refractivity contribution < 1.29 is 5.11 Å². The van der Waals surface area contributed by atoms with Crippen LogP contribution in [-0.2, 0) is 6.54 Å². The molecule has 0 atom stereocenters. The molecule has 0 aliphatic carbocycles. The van der Waals surface area contributed by atoms with Crippen LogP contribution >= 0.6 is 35.3 Å². The first-order valence-corrected chi connectivity index (χ1v) is 9.74. The number of thiophene rings is 1. The van der Waals surface area contributed by atoms with Crippen LogP contribution in [0, 0.1) is 0 Å². The van der Waals surface area contributed by atoms with E-state index in [2.05, 4.69) is 45.0 Å². The summed E-state index contributed by atoms with van der Waals surface area (Å²) >= 11 is 1.81. The topological polar surface area (TPSA) is 59.9 Å². The number of guanidine groups is 1. The fourth-order valence-corrected chi connectivity index (χ4v) is 3.82. The van der Waals surface area contributed by atoms with E-state index in [9.17, 15) is 5.11 Å². The molecule has 0 bridgehead atoms. The van der Waals surface area contributed by atoms with Crippen molar-refractivity contribution in [1.82, 2.24) is 10.6 Å². The van der Waals surface area contributed by atoms with Crippen LogP contribution in [0.15, 0.2) is 46.8 Å². The van der Waals surface area contributed by atoms with E-state index >= 15 is 0 Å². The van der Waals surface area contributed by atoms with E-state index in [1.165, 1.54) is 5.00 Å². The lowest BCUT2D eigenvalue weighted by Crippen LogP contribution is -2.48. The molecule has 0 unspecified atom stereocenters. The number of nitrogens with one attached hydrogen (secondary N) is 2. The highest BCUT2D eigenvalue weighted by atomic mass is 127. The van der Waals surface area contributed by atoms with Gasteiger partial charge in [0.2, 0.25) is 0 Å². The molecule has 2 aromatic rings. The number of hydrogen-bond acceptors (Lipinski definition) is 4. The molecule has 142 valence electrons. The predicted octanol–water partition coefficient (Wildman–Crippen LogP) is 3.80. The highest BCUT2D eigenvalue weighted by Crippen LogP contribution is 2.24. The van der Waals surface area contributed by atoms with Crippen LogP contribution in [0.1, 0.15) is 25.3 Å². The van der Waals surface area contributed by atoms with E-state index in [1.54, 1.807) is 12.1 Å². The summed E-state index contributed by atoms with van der Waals surface area (Å²) in [5.74, 6) is 1.13. The van der Waals surface area contributed by atoms with Gasteiger partial charge in [0.15, 0.2) is 5.96 Å². The molecule has 3 N–H and O–H groups in total. The van der Waals surface area contributed by atoms with Gasteiger partial charge in [-0.1, -0.05) is 12.1 Å². The van der Waals surface area contributed by atoms with Crippen molar-refractivity contribution in [2.45, 2.75) is 32.4 Å². The molecular weight excluding hydrogens is 459 g/mol. The van der Waals surface area contributed by atoms with Gasteiger partial charge < -0.3 is 20.6 Å². The second kappa shape index (κ2) is 10.6. The van der Waals surface area contributed by atoms with Crippen molar-refractivity contribution >= 4 is 46.3 Å². The third kappa shape index (κ3) is 6.05. The summed E-state index contributed by atoms with van der Waals surface area (Å²) in [5.41, 5.74) is 1.00. The highest BCUT2D eigenvalue weighted by Gasteiger charge is 2.20. The zero-order chi connectivity index (χ0) is 17.5. The Bertz CT molecular complexity index is 685. The summed E-state index contributed by atoms with van der Waals surface area (Å²) in [6, 6.07) is 12.0. The van der Waals surface area contributed by atoms with E-state index in [4.69, 9.17) is 0 Å². The summed E-state index contributed by atoms with van der Waals surface area (Å²) in [5, 5.41) is 19.9. The first-order valence-electron chi connectivity index (χ1n) is 8.86. The van der Waals surface area contributed by atoms with Crippen molar-refractivity contribution in [3.8, 4) is 5.75 Å². The van der Waals surface area contributed by atoms with Gasteiger partial charge in [-0.2, -0.15) is 0 Å². The van der Waals surface area contributed by atoms with Crippen LogP contribution in [0.4, 0.5) is 5.00 Å². The molecule has 1 fully saturated rings. The average Bonchev–Trinajstić information content (AvgIpc) is 3.15. The standard InChI is InChI=1S/C19H26N4OS.HI/c1-2-20-19(21-14-15-5-3-6-17(24)13-15)22-16-8-10-23(11-9-16)18-7-4-12-25-18;/h3-7,12-13,16,24H,2,8-11,14H2,1H3,(H2,20,21,22);1H. The molecule has 0 radical (unpaired) electrons. The molecule has 5 nitrogen and oxygen atoms in total. The van der Waals surface area contributed by atoms with E-state index in [0.29, 0.717) is 12.6 Å². The number of halogens is 1. The average molecular weight is 486 g/mol. The molecule has 0 saturated carbocycles. The minimum atomic E-state index is 0. The molecule has 0 amide bonds. The van der Waals surface area contributed by atoms with Crippen LogP contribution in [-0.4, -0.2) is 36.7 Å². The molecule has 1 saturated heterocycles. The number of hydrogen-bond donors (Lipinski definition) is 3. The zero-order valence-electron chi connectivity index (χ0n) is 15.0. The van der Waals surface area contributed by atoms with Gasteiger partial charge in [0.1, 0.15) is 5.75 Å². The zero-order valence-corrected chi connectivity index (χ0v) is 18.2. The molecule has 0 spiro atoms. The second-order valence-electron chi connectivity index (χ2n) is 6.22. The van der Waals surface area contributed by atoms with Crippen molar-refractivity contribution in [3.63, 3.8) is 0 Å². The summed E-state index contributed by atoms with van der Waals surface area (Å²) in [7, 11) is 0. The monoisotopic (exact) mass is 486 g/mol. The quantitative estimate of drug-likeness (QED) is 0.342. The lowest BCUT2D eigenvalue weighted by atomic mass is 10.1.